The second-order valence-electron chi connectivity index (χ2n) is 6.79. The smallest absolute Gasteiger partial charge is 0.337 e. The summed E-state index contributed by atoms with van der Waals surface area (Å²) >= 11 is 0. The zero-order chi connectivity index (χ0) is 19.2. The molecule has 0 spiro atoms. The number of carbonyl (C=O) groups excluding carboxylic acids is 2. The highest BCUT2D eigenvalue weighted by Crippen LogP contribution is 2.41. The summed E-state index contributed by atoms with van der Waals surface area (Å²) in [7, 11) is 2.76. The number of rotatable bonds is 3. The van der Waals surface area contributed by atoms with E-state index in [1.165, 1.54) is 14.2 Å². The Kier molecular flexibility index (Phi) is 6.41. The molecule has 1 aromatic carbocycles. The number of methoxy groups -OCH3 is 2. The fraction of sp³-hybridized carbons (Fsp3) is 0.364. The molecule has 4 nitrogen and oxygen atoms in total. The van der Waals surface area contributed by atoms with Crippen molar-refractivity contribution in [2.75, 3.05) is 14.2 Å². The predicted octanol–water partition coefficient (Wildman–Crippen LogP) is 4.06. The summed E-state index contributed by atoms with van der Waals surface area (Å²) in [6.07, 6.45) is 6.42. The Hall–Kier alpha value is -2.80. The lowest BCUT2D eigenvalue weighted by Gasteiger charge is -2.32. The summed E-state index contributed by atoms with van der Waals surface area (Å²) in [5.74, 6) is 5.39. The lowest BCUT2D eigenvalue weighted by atomic mass is 9.72. The van der Waals surface area contributed by atoms with Gasteiger partial charge in [-0.25, -0.2) is 9.59 Å². The summed E-state index contributed by atoms with van der Waals surface area (Å²) in [5.41, 5.74) is 2.94. The van der Waals surface area contributed by atoms with Crippen molar-refractivity contribution in [1.29, 1.82) is 0 Å². The second kappa shape index (κ2) is 8.53. The van der Waals surface area contributed by atoms with Gasteiger partial charge < -0.3 is 9.47 Å². The number of esters is 2. The van der Waals surface area contributed by atoms with Crippen molar-refractivity contribution in [3.8, 4) is 11.8 Å². The third-order valence-electron chi connectivity index (χ3n) is 4.57. The van der Waals surface area contributed by atoms with Gasteiger partial charge in [-0.15, -0.1) is 0 Å². The molecular formula is C22H24O4. The van der Waals surface area contributed by atoms with Crippen LogP contribution in [-0.2, 0) is 14.3 Å². The van der Waals surface area contributed by atoms with Crippen LogP contribution in [0.2, 0.25) is 0 Å². The lowest BCUT2D eigenvalue weighted by molar-refractivity contribution is -0.136. The van der Waals surface area contributed by atoms with Crippen molar-refractivity contribution >= 4 is 11.9 Å². The molecule has 0 atom stereocenters. The van der Waals surface area contributed by atoms with E-state index in [1.807, 2.05) is 6.08 Å². The highest BCUT2D eigenvalue weighted by molar-refractivity contribution is 5.90. The zero-order valence-electron chi connectivity index (χ0n) is 15.7. The van der Waals surface area contributed by atoms with Crippen LogP contribution in [0.25, 0.3) is 0 Å². The summed E-state index contributed by atoms with van der Waals surface area (Å²) in [4.78, 5) is 23.5. The topological polar surface area (TPSA) is 52.6 Å². The summed E-state index contributed by atoms with van der Waals surface area (Å²) < 4.78 is 9.60. The number of hydrogen-bond acceptors (Lipinski definition) is 4. The average molecular weight is 352 g/mol. The molecule has 0 saturated carbocycles. The molecule has 0 saturated heterocycles. The number of ether oxygens (including phenoxy) is 2. The minimum atomic E-state index is -0.369. The number of carbonyl (C=O) groups is 2. The van der Waals surface area contributed by atoms with E-state index >= 15 is 0 Å². The number of benzene rings is 1. The first kappa shape index (κ1) is 19.5. The van der Waals surface area contributed by atoms with E-state index < -0.39 is 0 Å². The summed E-state index contributed by atoms with van der Waals surface area (Å²) in [6.45, 7) is 4.27. The van der Waals surface area contributed by atoms with Crippen LogP contribution in [-0.4, -0.2) is 26.2 Å². The van der Waals surface area contributed by atoms with Crippen LogP contribution >= 0.6 is 0 Å². The highest BCUT2D eigenvalue weighted by atomic mass is 16.5. The number of hydrogen-bond donors (Lipinski definition) is 0. The molecule has 136 valence electrons. The van der Waals surface area contributed by atoms with E-state index in [1.54, 1.807) is 30.3 Å². The summed E-state index contributed by atoms with van der Waals surface area (Å²) in [6, 6.07) is 6.91. The molecule has 1 aromatic rings. The molecular weight excluding hydrogens is 328 g/mol. The van der Waals surface area contributed by atoms with E-state index in [-0.39, 0.29) is 17.4 Å². The Bertz CT molecular complexity index is 799. The minimum absolute atomic E-state index is 0.0812. The molecule has 0 aromatic heterocycles. The van der Waals surface area contributed by atoms with Gasteiger partial charge in [0.15, 0.2) is 0 Å². The minimum Gasteiger partial charge on any atom is -0.466 e. The number of allylic oxidation sites excluding steroid dienone is 3. The Morgan fingerprint density at radius 2 is 1.73 bits per heavy atom. The summed E-state index contributed by atoms with van der Waals surface area (Å²) in [5, 5.41) is 0. The average Bonchev–Trinajstić information content (AvgIpc) is 2.64. The third-order valence-corrected chi connectivity index (χ3v) is 4.57. The second-order valence-corrected chi connectivity index (χ2v) is 6.79. The molecule has 26 heavy (non-hydrogen) atoms. The quantitative estimate of drug-likeness (QED) is 0.608. The van der Waals surface area contributed by atoms with Gasteiger partial charge in [0.2, 0.25) is 0 Å². The first-order valence-corrected chi connectivity index (χ1v) is 8.57. The maximum absolute atomic E-state index is 12.0. The first-order valence-electron chi connectivity index (χ1n) is 8.57. The van der Waals surface area contributed by atoms with Gasteiger partial charge in [0.25, 0.3) is 0 Å². The normalized spacial score (nSPS) is 16.0. The molecule has 0 aliphatic heterocycles. The molecule has 0 N–H and O–H groups in total. The van der Waals surface area contributed by atoms with Gasteiger partial charge in [0, 0.05) is 11.1 Å². The Balaban J connectivity index is 2.21. The van der Waals surface area contributed by atoms with Gasteiger partial charge in [0.1, 0.15) is 0 Å². The van der Waals surface area contributed by atoms with Gasteiger partial charge in [-0.1, -0.05) is 25.7 Å². The maximum Gasteiger partial charge on any atom is 0.337 e. The predicted molar refractivity (Wildman–Crippen MR) is 100 cm³/mol. The van der Waals surface area contributed by atoms with Crippen molar-refractivity contribution in [1.82, 2.24) is 0 Å². The lowest BCUT2D eigenvalue weighted by Crippen LogP contribution is -2.23. The molecule has 1 aliphatic carbocycles. The van der Waals surface area contributed by atoms with Crippen LogP contribution in [0.5, 0.6) is 0 Å². The molecule has 0 heterocycles. The van der Waals surface area contributed by atoms with E-state index in [2.05, 4.69) is 30.4 Å². The Morgan fingerprint density at radius 1 is 1.08 bits per heavy atom. The van der Waals surface area contributed by atoms with Crippen LogP contribution in [0.1, 0.15) is 49.0 Å². The Morgan fingerprint density at radius 3 is 2.35 bits per heavy atom. The van der Waals surface area contributed by atoms with Crippen LogP contribution in [0, 0.1) is 17.3 Å². The van der Waals surface area contributed by atoms with Crippen LogP contribution in [0.4, 0.5) is 0 Å². The van der Waals surface area contributed by atoms with Crippen molar-refractivity contribution in [3.05, 3.63) is 58.7 Å². The van der Waals surface area contributed by atoms with Crippen LogP contribution in [0.3, 0.4) is 0 Å². The zero-order valence-corrected chi connectivity index (χ0v) is 15.7. The van der Waals surface area contributed by atoms with Gasteiger partial charge in [-0.3, -0.25) is 0 Å². The molecule has 0 amide bonds. The van der Waals surface area contributed by atoms with E-state index in [0.29, 0.717) is 5.56 Å². The van der Waals surface area contributed by atoms with Gasteiger partial charge >= 0.3 is 11.9 Å². The maximum atomic E-state index is 12.0. The van der Waals surface area contributed by atoms with Gasteiger partial charge in [0.05, 0.1) is 19.8 Å². The fourth-order valence-corrected chi connectivity index (χ4v) is 3.10. The van der Waals surface area contributed by atoms with E-state index in [9.17, 15) is 9.59 Å². The molecule has 1 aliphatic rings. The van der Waals surface area contributed by atoms with Crippen LogP contribution in [0.15, 0.2) is 47.6 Å². The highest BCUT2D eigenvalue weighted by Gasteiger charge is 2.31. The van der Waals surface area contributed by atoms with Crippen molar-refractivity contribution in [2.24, 2.45) is 5.41 Å². The molecule has 4 heteroatoms. The SMILES string of the molecule is COC(=O)C1=C(/C=C/C#Cc2ccc(C(=O)OC)cc2)C(C)(C)CCC1. The van der Waals surface area contributed by atoms with Crippen molar-refractivity contribution < 1.29 is 19.1 Å². The van der Waals surface area contributed by atoms with E-state index in [0.717, 1.165) is 36.0 Å². The molecule has 0 unspecified atom stereocenters. The molecule has 0 fully saturated rings. The largest absolute Gasteiger partial charge is 0.466 e. The molecule has 2 rings (SSSR count). The third kappa shape index (κ3) is 4.64. The van der Waals surface area contributed by atoms with Gasteiger partial charge in [-0.05, 0) is 66.7 Å². The fourth-order valence-electron chi connectivity index (χ4n) is 3.10. The van der Waals surface area contributed by atoms with Crippen LogP contribution < -0.4 is 0 Å². The first-order chi connectivity index (χ1) is 12.4. The monoisotopic (exact) mass is 352 g/mol. The van der Waals surface area contributed by atoms with Gasteiger partial charge in [-0.2, -0.15) is 0 Å². The van der Waals surface area contributed by atoms with Crippen molar-refractivity contribution in [2.45, 2.75) is 33.1 Å². The van der Waals surface area contributed by atoms with E-state index in [4.69, 9.17) is 4.74 Å². The van der Waals surface area contributed by atoms with Crippen molar-refractivity contribution in [3.63, 3.8) is 0 Å². The molecule has 0 bridgehead atoms. The molecule has 0 radical (unpaired) electrons. The standard InChI is InChI=1S/C22H24O4/c1-22(2)15-7-9-18(21(24)26-4)19(22)10-6-5-8-16-11-13-17(14-12-16)20(23)25-3/h6,10-14H,7,9,15H2,1-4H3/b10-6+. The Labute approximate surface area is 154 Å².